The standard InChI is InChI=1S/C20H18BrNO2/c1-14(16-11-10-15-6-2-3-7-17(15)12-16)22-20(23)13-24-19-9-5-4-8-18(19)21/h2-12,14H,13H2,1H3,(H,22,23)/t14-/m1/s1. The summed E-state index contributed by atoms with van der Waals surface area (Å²) in [6.45, 7) is 1.96. The number of hydrogen-bond acceptors (Lipinski definition) is 2. The number of para-hydroxylation sites is 1. The van der Waals surface area contributed by atoms with Crippen molar-refractivity contribution in [2.75, 3.05) is 6.61 Å². The van der Waals surface area contributed by atoms with E-state index in [0.29, 0.717) is 5.75 Å². The lowest BCUT2D eigenvalue weighted by Gasteiger charge is -2.15. The lowest BCUT2D eigenvalue weighted by atomic mass is 10.0. The Balaban J connectivity index is 1.61. The van der Waals surface area contributed by atoms with Crippen molar-refractivity contribution in [2.24, 2.45) is 0 Å². The Morgan fingerprint density at radius 3 is 2.54 bits per heavy atom. The molecule has 4 heteroatoms. The second-order valence-electron chi connectivity index (χ2n) is 5.61. The average Bonchev–Trinajstić information content (AvgIpc) is 2.60. The molecule has 1 atom stereocenters. The maximum atomic E-state index is 12.1. The third kappa shape index (κ3) is 3.95. The Kier molecular flexibility index (Phi) is 5.16. The largest absolute Gasteiger partial charge is 0.483 e. The van der Waals surface area contributed by atoms with Gasteiger partial charge in [0.2, 0.25) is 0 Å². The normalized spacial score (nSPS) is 11.9. The van der Waals surface area contributed by atoms with Crippen LogP contribution in [0.25, 0.3) is 10.8 Å². The molecule has 0 saturated carbocycles. The van der Waals surface area contributed by atoms with Crippen LogP contribution in [0.4, 0.5) is 0 Å². The third-order valence-electron chi connectivity index (χ3n) is 3.85. The molecular formula is C20H18BrNO2. The molecule has 0 saturated heterocycles. The van der Waals surface area contributed by atoms with Crippen molar-refractivity contribution in [3.63, 3.8) is 0 Å². The van der Waals surface area contributed by atoms with Crippen molar-refractivity contribution in [2.45, 2.75) is 13.0 Å². The first kappa shape index (κ1) is 16.5. The second kappa shape index (κ2) is 7.49. The molecule has 0 heterocycles. The highest BCUT2D eigenvalue weighted by Gasteiger charge is 2.11. The smallest absolute Gasteiger partial charge is 0.258 e. The van der Waals surface area contributed by atoms with Gasteiger partial charge in [0.25, 0.3) is 5.91 Å². The number of carbonyl (C=O) groups excluding carboxylic acids is 1. The van der Waals surface area contributed by atoms with E-state index in [4.69, 9.17) is 4.74 Å². The minimum absolute atomic E-state index is 0.0134. The first-order valence-electron chi connectivity index (χ1n) is 7.79. The van der Waals surface area contributed by atoms with Crippen LogP contribution in [0, 0.1) is 0 Å². The molecule has 3 aromatic carbocycles. The van der Waals surface area contributed by atoms with Gasteiger partial charge in [0.15, 0.2) is 6.61 Å². The summed E-state index contributed by atoms with van der Waals surface area (Å²) in [7, 11) is 0. The summed E-state index contributed by atoms with van der Waals surface area (Å²) >= 11 is 3.40. The molecule has 0 unspecified atom stereocenters. The molecule has 3 nitrogen and oxygen atoms in total. The summed E-state index contributed by atoms with van der Waals surface area (Å²) in [5.41, 5.74) is 1.07. The van der Waals surface area contributed by atoms with Gasteiger partial charge in [-0.2, -0.15) is 0 Å². The van der Waals surface area contributed by atoms with Crippen LogP contribution in [-0.4, -0.2) is 12.5 Å². The lowest BCUT2D eigenvalue weighted by molar-refractivity contribution is -0.123. The van der Waals surface area contributed by atoms with Gasteiger partial charge in [0.1, 0.15) is 5.75 Å². The molecule has 3 aromatic rings. The Labute approximate surface area is 149 Å². The molecule has 0 bridgehead atoms. The molecule has 0 radical (unpaired) electrons. The first-order chi connectivity index (χ1) is 11.6. The quantitative estimate of drug-likeness (QED) is 0.683. The molecule has 1 amide bonds. The van der Waals surface area contributed by atoms with Crippen molar-refractivity contribution in [1.82, 2.24) is 5.32 Å². The van der Waals surface area contributed by atoms with Crippen LogP contribution in [0.5, 0.6) is 5.75 Å². The van der Waals surface area contributed by atoms with E-state index in [-0.39, 0.29) is 18.6 Å². The van der Waals surface area contributed by atoms with E-state index < -0.39 is 0 Å². The molecule has 24 heavy (non-hydrogen) atoms. The number of nitrogens with one attached hydrogen (secondary N) is 1. The van der Waals surface area contributed by atoms with Crippen molar-refractivity contribution in [3.8, 4) is 5.75 Å². The summed E-state index contributed by atoms with van der Waals surface area (Å²) in [6.07, 6.45) is 0. The van der Waals surface area contributed by atoms with E-state index >= 15 is 0 Å². The third-order valence-corrected chi connectivity index (χ3v) is 4.50. The highest BCUT2D eigenvalue weighted by Crippen LogP contribution is 2.24. The Bertz CT molecular complexity index is 863. The van der Waals surface area contributed by atoms with E-state index in [0.717, 1.165) is 10.0 Å². The first-order valence-corrected chi connectivity index (χ1v) is 8.58. The summed E-state index contributed by atoms with van der Waals surface area (Å²) in [6, 6.07) is 21.8. The molecule has 122 valence electrons. The fraction of sp³-hybridized carbons (Fsp3) is 0.150. The molecule has 0 aliphatic heterocycles. The number of carbonyl (C=O) groups is 1. The molecule has 0 fully saturated rings. The number of amides is 1. The summed E-state index contributed by atoms with van der Waals surface area (Å²) in [5.74, 6) is 0.511. The molecule has 0 spiro atoms. The minimum atomic E-state index is -0.147. The molecular weight excluding hydrogens is 366 g/mol. The number of hydrogen-bond donors (Lipinski definition) is 1. The maximum Gasteiger partial charge on any atom is 0.258 e. The number of fused-ring (bicyclic) bond motifs is 1. The van der Waals surface area contributed by atoms with Crippen LogP contribution < -0.4 is 10.1 Å². The summed E-state index contributed by atoms with van der Waals surface area (Å²) < 4.78 is 6.38. The monoisotopic (exact) mass is 383 g/mol. The summed E-state index contributed by atoms with van der Waals surface area (Å²) in [5, 5.41) is 5.33. The molecule has 0 aliphatic carbocycles. The molecule has 3 rings (SSSR count). The maximum absolute atomic E-state index is 12.1. The Hall–Kier alpha value is -2.33. The number of benzene rings is 3. The van der Waals surface area contributed by atoms with Gasteiger partial charge in [-0.1, -0.05) is 48.5 Å². The molecule has 0 aromatic heterocycles. The van der Waals surface area contributed by atoms with Gasteiger partial charge in [-0.25, -0.2) is 0 Å². The van der Waals surface area contributed by atoms with Gasteiger partial charge in [0.05, 0.1) is 10.5 Å². The van der Waals surface area contributed by atoms with Gasteiger partial charge < -0.3 is 10.1 Å². The van der Waals surface area contributed by atoms with Crippen molar-refractivity contribution in [3.05, 3.63) is 76.8 Å². The van der Waals surface area contributed by atoms with Crippen LogP contribution in [0.2, 0.25) is 0 Å². The highest BCUT2D eigenvalue weighted by molar-refractivity contribution is 9.10. The van der Waals surface area contributed by atoms with E-state index in [1.807, 2.05) is 49.4 Å². The van der Waals surface area contributed by atoms with Gasteiger partial charge in [-0.15, -0.1) is 0 Å². The predicted octanol–water partition coefficient (Wildman–Crippen LogP) is 4.86. The van der Waals surface area contributed by atoms with Gasteiger partial charge in [-0.3, -0.25) is 4.79 Å². The average molecular weight is 384 g/mol. The topological polar surface area (TPSA) is 38.3 Å². The number of ether oxygens (including phenoxy) is 1. The zero-order valence-corrected chi connectivity index (χ0v) is 14.9. The van der Waals surface area contributed by atoms with Gasteiger partial charge in [-0.05, 0) is 57.4 Å². The van der Waals surface area contributed by atoms with Crippen LogP contribution in [0.3, 0.4) is 0 Å². The van der Waals surface area contributed by atoms with Crippen molar-refractivity contribution < 1.29 is 9.53 Å². The zero-order valence-electron chi connectivity index (χ0n) is 13.3. The van der Waals surface area contributed by atoms with Crippen LogP contribution in [0.1, 0.15) is 18.5 Å². The molecule has 1 N–H and O–H groups in total. The van der Waals surface area contributed by atoms with Gasteiger partial charge in [0, 0.05) is 0 Å². The van der Waals surface area contributed by atoms with Gasteiger partial charge >= 0.3 is 0 Å². The SMILES string of the molecule is C[C@@H](NC(=O)COc1ccccc1Br)c1ccc2ccccc2c1. The van der Waals surface area contributed by atoms with Crippen molar-refractivity contribution >= 4 is 32.6 Å². The zero-order chi connectivity index (χ0) is 16.9. The van der Waals surface area contributed by atoms with E-state index in [1.165, 1.54) is 10.8 Å². The fourth-order valence-electron chi connectivity index (χ4n) is 2.55. The Morgan fingerprint density at radius 2 is 1.75 bits per heavy atom. The van der Waals surface area contributed by atoms with Crippen LogP contribution in [-0.2, 0) is 4.79 Å². The Morgan fingerprint density at radius 1 is 1.04 bits per heavy atom. The van der Waals surface area contributed by atoms with Crippen LogP contribution in [0.15, 0.2) is 71.2 Å². The number of halogens is 1. The number of rotatable bonds is 5. The highest BCUT2D eigenvalue weighted by atomic mass is 79.9. The lowest BCUT2D eigenvalue weighted by Crippen LogP contribution is -2.31. The van der Waals surface area contributed by atoms with Crippen LogP contribution >= 0.6 is 15.9 Å². The van der Waals surface area contributed by atoms with E-state index in [1.54, 1.807) is 0 Å². The van der Waals surface area contributed by atoms with E-state index in [2.05, 4.69) is 45.5 Å². The molecule has 0 aliphatic rings. The summed E-state index contributed by atoms with van der Waals surface area (Å²) in [4.78, 5) is 12.1. The second-order valence-corrected chi connectivity index (χ2v) is 6.47. The fourth-order valence-corrected chi connectivity index (χ4v) is 2.95. The van der Waals surface area contributed by atoms with Crippen molar-refractivity contribution in [1.29, 1.82) is 0 Å². The predicted molar refractivity (Wildman–Crippen MR) is 100 cm³/mol. The van der Waals surface area contributed by atoms with E-state index in [9.17, 15) is 4.79 Å². The minimum Gasteiger partial charge on any atom is -0.483 e.